The number of sulfonamides is 1. The minimum atomic E-state index is -4.56. The number of nitro benzene ring substituents is 1. The summed E-state index contributed by atoms with van der Waals surface area (Å²) < 4.78 is 31.6. The number of nitrogens with zero attached hydrogens (tertiary/aromatic N) is 2. The molecule has 0 radical (unpaired) electrons. The summed E-state index contributed by atoms with van der Waals surface area (Å²) in [5.74, 6) is -2.08. The van der Waals surface area contributed by atoms with E-state index in [2.05, 4.69) is 5.32 Å². The molecule has 0 aromatic heterocycles. The van der Waals surface area contributed by atoms with Crippen LogP contribution in [0.1, 0.15) is 20.3 Å². The van der Waals surface area contributed by atoms with Crippen LogP contribution in [-0.2, 0) is 24.3 Å². The molecule has 1 aliphatic heterocycles. The van der Waals surface area contributed by atoms with Gasteiger partial charge in [0, 0.05) is 25.6 Å². The molecule has 1 heterocycles. The molecule has 1 aromatic carbocycles. The molecule has 1 saturated heterocycles. The molecule has 3 N–H and O–H groups in total. The second kappa shape index (κ2) is 9.80. The molecule has 13 nitrogen and oxygen atoms in total. The number of β-amino-alcohol motifs (C(OH)–C–C–N with tert-alkyl or cyclic N) is 1. The summed E-state index contributed by atoms with van der Waals surface area (Å²) in [6.45, 7) is 2.57. The normalized spacial score (nSPS) is 20.0. The molecule has 0 aliphatic carbocycles. The second-order valence-electron chi connectivity index (χ2n) is 6.63. The van der Waals surface area contributed by atoms with Gasteiger partial charge in [-0.1, -0.05) is 12.1 Å². The number of carbonyl (C=O) groups is 3. The third kappa shape index (κ3) is 5.53. The summed E-state index contributed by atoms with van der Waals surface area (Å²) in [7, 11) is -4.56. The standard InChI is InChI=1S/C17H22N4O9S/c1-3-18-17(25)19-15(23)10(2)30-16(24)13-8-11(22)9-20(13)31(28,29)14-7-5-4-6-12(14)21(26)27/h4-7,10-11,13,22H,3,8-9H2,1-2H3,(H2,18,19,23,25)/t10-,11+,13-/m0/s1. The van der Waals surface area contributed by atoms with Gasteiger partial charge in [-0.25, -0.2) is 13.2 Å². The Kier molecular flexibility index (Phi) is 7.65. The number of nitro groups is 1. The van der Waals surface area contributed by atoms with Gasteiger partial charge in [0.25, 0.3) is 21.6 Å². The maximum Gasteiger partial charge on any atom is 0.325 e. The van der Waals surface area contributed by atoms with E-state index >= 15 is 0 Å². The number of amides is 3. The van der Waals surface area contributed by atoms with Crippen LogP contribution in [0.15, 0.2) is 29.2 Å². The van der Waals surface area contributed by atoms with Gasteiger partial charge < -0.3 is 15.2 Å². The number of ether oxygens (including phenoxy) is 1. The van der Waals surface area contributed by atoms with Crippen LogP contribution in [-0.4, -0.2) is 72.0 Å². The van der Waals surface area contributed by atoms with Gasteiger partial charge in [0.05, 0.1) is 11.0 Å². The van der Waals surface area contributed by atoms with Crippen molar-refractivity contribution in [2.75, 3.05) is 13.1 Å². The highest BCUT2D eigenvalue weighted by Gasteiger charge is 2.46. The van der Waals surface area contributed by atoms with Crippen LogP contribution in [0.4, 0.5) is 10.5 Å². The number of esters is 1. The van der Waals surface area contributed by atoms with Gasteiger partial charge >= 0.3 is 12.0 Å². The van der Waals surface area contributed by atoms with E-state index in [0.717, 1.165) is 12.1 Å². The summed E-state index contributed by atoms with van der Waals surface area (Å²) in [5, 5.41) is 25.4. The topological polar surface area (TPSA) is 185 Å². The van der Waals surface area contributed by atoms with E-state index in [1.807, 2.05) is 5.32 Å². The first-order valence-corrected chi connectivity index (χ1v) is 10.7. The highest BCUT2D eigenvalue weighted by Crippen LogP contribution is 2.32. The molecular formula is C17H22N4O9S. The van der Waals surface area contributed by atoms with Crippen LogP contribution >= 0.6 is 0 Å². The lowest BCUT2D eigenvalue weighted by atomic mass is 10.2. The number of aliphatic hydroxyl groups excluding tert-OH is 1. The summed E-state index contributed by atoms with van der Waals surface area (Å²) in [4.78, 5) is 45.6. The van der Waals surface area contributed by atoms with Crippen molar-refractivity contribution in [3.63, 3.8) is 0 Å². The zero-order valence-corrected chi connectivity index (χ0v) is 17.5. The number of nitrogens with one attached hydrogen (secondary N) is 2. The number of urea groups is 1. The lowest BCUT2D eigenvalue weighted by Gasteiger charge is -2.23. The number of benzene rings is 1. The van der Waals surface area contributed by atoms with Crippen LogP contribution in [0.25, 0.3) is 0 Å². The Morgan fingerprint density at radius 2 is 2.00 bits per heavy atom. The van der Waals surface area contributed by atoms with Crippen LogP contribution in [0.5, 0.6) is 0 Å². The Morgan fingerprint density at radius 1 is 1.35 bits per heavy atom. The molecule has 1 aromatic rings. The third-order valence-corrected chi connectivity index (χ3v) is 6.31. The van der Waals surface area contributed by atoms with Crippen LogP contribution in [0.2, 0.25) is 0 Å². The number of para-hydroxylation sites is 1. The van der Waals surface area contributed by atoms with Gasteiger partial charge in [-0.3, -0.25) is 25.0 Å². The molecule has 1 fully saturated rings. The van der Waals surface area contributed by atoms with E-state index in [1.54, 1.807) is 6.92 Å². The summed E-state index contributed by atoms with van der Waals surface area (Å²) in [5.41, 5.74) is -0.689. The number of hydrogen-bond acceptors (Lipinski definition) is 9. The SMILES string of the molecule is CCNC(=O)NC(=O)[C@H](C)OC(=O)[C@@H]1C[C@@H](O)CN1S(=O)(=O)c1ccccc1[N+](=O)[O-]. The molecule has 0 spiro atoms. The number of carbonyl (C=O) groups excluding carboxylic acids is 3. The fraction of sp³-hybridized carbons (Fsp3) is 0.471. The number of hydrogen-bond donors (Lipinski definition) is 3. The molecule has 3 atom stereocenters. The van der Waals surface area contributed by atoms with Gasteiger partial charge in [-0.15, -0.1) is 0 Å². The predicted octanol–water partition coefficient (Wildman–Crippen LogP) is -0.504. The van der Waals surface area contributed by atoms with Crippen molar-refractivity contribution < 1.29 is 37.6 Å². The monoisotopic (exact) mass is 458 g/mol. The first-order valence-electron chi connectivity index (χ1n) is 9.21. The highest BCUT2D eigenvalue weighted by molar-refractivity contribution is 7.89. The van der Waals surface area contributed by atoms with Crippen LogP contribution in [0.3, 0.4) is 0 Å². The van der Waals surface area contributed by atoms with Crippen molar-refractivity contribution in [2.45, 2.75) is 43.4 Å². The summed E-state index contributed by atoms with van der Waals surface area (Å²) in [6.07, 6.45) is -3.00. The van der Waals surface area contributed by atoms with E-state index in [9.17, 15) is 38.0 Å². The molecule has 0 bridgehead atoms. The molecule has 14 heteroatoms. The smallest absolute Gasteiger partial charge is 0.325 e. The zero-order valence-electron chi connectivity index (χ0n) is 16.7. The Labute approximate surface area is 177 Å². The Bertz CT molecular complexity index is 982. The predicted molar refractivity (Wildman–Crippen MR) is 104 cm³/mol. The van der Waals surface area contributed by atoms with Crippen molar-refractivity contribution in [1.82, 2.24) is 14.9 Å². The van der Waals surface area contributed by atoms with Crippen molar-refractivity contribution in [3.05, 3.63) is 34.4 Å². The van der Waals surface area contributed by atoms with Crippen molar-refractivity contribution in [3.8, 4) is 0 Å². The minimum absolute atomic E-state index is 0.256. The lowest BCUT2D eigenvalue weighted by Crippen LogP contribution is -2.47. The summed E-state index contributed by atoms with van der Waals surface area (Å²) in [6, 6.07) is 2.28. The Morgan fingerprint density at radius 3 is 2.61 bits per heavy atom. The fourth-order valence-electron chi connectivity index (χ4n) is 2.94. The lowest BCUT2D eigenvalue weighted by molar-refractivity contribution is -0.387. The molecule has 170 valence electrons. The molecule has 31 heavy (non-hydrogen) atoms. The zero-order chi connectivity index (χ0) is 23.3. The van der Waals surface area contributed by atoms with Gasteiger partial charge in [0.2, 0.25) is 0 Å². The largest absolute Gasteiger partial charge is 0.451 e. The average molecular weight is 458 g/mol. The number of rotatable bonds is 7. The van der Waals surface area contributed by atoms with E-state index in [1.165, 1.54) is 19.1 Å². The van der Waals surface area contributed by atoms with Gasteiger partial charge in [-0.2, -0.15) is 4.31 Å². The molecular weight excluding hydrogens is 436 g/mol. The summed E-state index contributed by atoms with van der Waals surface area (Å²) >= 11 is 0. The van der Waals surface area contributed by atoms with E-state index < -0.39 is 68.2 Å². The molecule has 1 aliphatic rings. The third-order valence-electron chi connectivity index (χ3n) is 4.39. The second-order valence-corrected chi connectivity index (χ2v) is 8.49. The number of imide groups is 1. The van der Waals surface area contributed by atoms with Crippen molar-refractivity contribution in [2.24, 2.45) is 0 Å². The van der Waals surface area contributed by atoms with Crippen molar-refractivity contribution >= 4 is 33.6 Å². The van der Waals surface area contributed by atoms with Gasteiger partial charge in [-0.05, 0) is 19.9 Å². The molecule has 2 rings (SSSR count). The molecule has 0 unspecified atom stereocenters. The minimum Gasteiger partial charge on any atom is -0.451 e. The average Bonchev–Trinajstić information content (AvgIpc) is 3.10. The van der Waals surface area contributed by atoms with Gasteiger partial charge in [0.1, 0.15) is 6.04 Å². The Balaban J connectivity index is 2.23. The van der Waals surface area contributed by atoms with Crippen molar-refractivity contribution in [1.29, 1.82) is 0 Å². The molecule has 0 saturated carbocycles. The first-order chi connectivity index (χ1) is 14.5. The number of aliphatic hydroxyl groups is 1. The quantitative estimate of drug-likeness (QED) is 0.275. The maximum absolute atomic E-state index is 13.0. The fourth-order valence-corrected chi connectivity index (χ4v) is 4.73. The van der Waals surface area contributed by atoms with Crippen LogP contribution in [0, 0.1) is 10.1 Å². The first kappa shape index (κ1) is 24.2. The maximum atomic E-state index is 13.0. The van der Waals surface area contributed by atoms with Crippen LogP contribution < -0.4 is 10.6 Å². The highest BCUT2D eigenvalue weighted by atomic mass is 32.2. The van der Waals surface area contributed by atoms with E-state index in [-0.39, 0.29) is 13.0 Å². The molecule has 3 amide bonds. The Hall–Kier alpha value is -3.10. The van der Waals surface area contributed by atoms with E-state index in [4.69, 9.17) is 4.74 Å². The van der Waals surface area contributed by atoms with E-state index in [0.29, 0.717) is 4.31 Å². The van der Waals surface area contributed by atoms with Gasteiger partial charge in [0.15, 0.2) is 11.0 Å².